The van der Waals surface area contributed by atoms with Crippen LogP contribution in [0.5, 0.6) is 5.75 Å². The lowest BCUT2D eigenvalue weighted by atomic mass is 10.1. The van der Waals surface area contributed by atoms with Crippen molar-refractivity contribution in [3.05, 3.63) is 36.2 Å². The van der Waals surface area contributed by atoms with Crippen molar-refractivity contribution in [2.75, 3.05) is 25.5 Å². The Bertz CT molecular complexity index is 625. The predicted octanol–water partition coefficient (Wildman–Crippen LogP) is 2.40. The molecule has 0 amide bonds. The van der Waals surface area contributed by atoms with E-state index in [0.717, 1.165) is 35.1 Å². The molecule has 110 valence electrons. The molecule has 1 aliphatic carbocycles. The fraction of sp³-hybridized carbons (Fsp3) is 0.375. The zero-order valence-corrected chi connectivity index (χ0v) is 12.2. The van der Waals surface area contributed by atoms with E-state index in [1.54, 1.807) is 7.11 Å². The van der Waals surface area contributed by atoms with Gasteiger partial charge >= 0.3 is 0 Å². The molecule has 21 heavy (non-hydrogen) atoms. The van der Waals surface area contributed by atoms with Gasteiger partial charge in [0.05, 0.1) is 24.7 Å². The van der Waals surface area contributed by atoms with Crippen molar-refractivity contribution < 1.29 is 4.74 Å². The standard InChI is InChI=1S/C16H20N4O/c1-21-13-4-2-3-12(9-13)16-19-10-14(18-8-7-17)15(20-16)11-5-6-11/h2-4,9-11,18H,5-8,17H2,1H3. The van der Waals surface area contributed by atoms with E-state index in [1.807, 2.05) is 30.5 Å². The number of aromatic nitrogens is 2. The number of nitrogens with one attached hydrogen (secondary N) is 1. The van der Waals surface area contributed by atoms with E-state index in [2.05, 4.69) is 10.3 Å². The number of nitrogens with two attached hydrogens (primary N) is 1. The minimum atomic E-state index is 0.553. The maximum absolute atomic E-state index is 5.55. The van der Waals surface area contributed by atoms with Gasteiger partial charge in [0, 0.05) is 24.6 Å². The Kier molecular flexibility index (Phi) is 4.01. The third kappa shape index (κ3) is 3.13. The largest absolute Gasteiger partial charge is 0.497 e. The lowest BCUT2D eigenvalue weighted by molar-refractivity contribution is 0.415. The third-order valence-electron chi connectivity index (χ3n) is 3.57. The topological polar surface area (TPSA) is 73.1 Å². The van der Waals surface area contributed by atoms with Crippen LogP contribution in [-0.2, 0) is 0 Å². The molecule has 3 N–H and O–H groups in total. The summed E-state index contributed by atoms with van der Waals surface area (Å²) >= 11 is 0. The molecule has 3 rings (SSSR count). The quantitative estimate of drug-likeness (QED) is 0.852. The molecule has 0 radical (unpaired) electrons. The summed E-state index contributed by atoms with van der Waals surface area (Å²) in [4.78, 5) is 9.24. The average molecular weight is 284 g/mol. The summed E-state index contributed by atoms with van der Waals surface area (Å²) in [6.07, 6.45) is 4.27. The molecular formula is C16H20N4O. The summed E-state index contributed by atoms with van der Waals surface area (Å²) < 4.78 is 5.26. The van der Waals surface area contributed by atoms with Gasteiger partial charge < -0.3 is 15.8 Å². The second-order valence-electron chi connectivity index (χ2n) is 5.21. The first kappa shape index (κ1) is 13.8. The number of benzene rings is 1. The molecule has 1 heterocycles. The Hall–Kier alpha value is -2.14. The van der Waals surface area contributed by atoms with Crippen molar-refractivity contribution in [3.8, 4) is 17.1 Å². The molecule has 0 saturated heterocycles. The molecule has 1 aliphatic rings. The van der Waals surface area contributed by atoms with E-state index in [1.165, 1.54) is 12.8 Å². The van der Waals surface area contributed by atoms with Crippen molar-refractivity contribution in [1.29, 1.82) is 0 Å². The van der Waals surface area contributed by atoms with Crippen LogP contribution in [-0.4, -0.2) is 30.2 Å². The summed E-state index contributed by atoms with van der Waals surface area (Å²) in [6, 6.07) is 7.83. The summed E-state index contributed by atoms with van der Waals surface area (Å²) in [5.41, 5.74) is 8.64. The summed E-state index contributed by atoms with van der Waals surface area (Å²) in [5, 5.41) is 3.31. The summed E-state index contributed by atoms with van der Waals surface area (Å²) in [5.74, 6) is 2.11. The van der Waals surface area contributed by atoms with Crippen molar-refractivity contribution in [1.82, 2.24) is 9.97 Å². The fourth-order valence-corrected chi connectivity index (χ4v) is 2.31. The summed E-state index contributed by atoms with van der Waals surface area (Å²) in [6.45, 7) is 1.34. The van der Waals surface area contributed by atoms with Gasteiger partial charge in [-0.05, 0) is 25.0 Å². The molecule has 5 nitrogen and oxygen atoms in total. The van der Waals surface area contributed by atoms with Crippen LogP contribution in [0.25, 0.3) is 11.4 Å². The first-order valence-corrected chi connectivity index (χ1v) is 7.27. The smallest absolute Gasteiger partial charge is 0.159 e. The van der Waals surface area contributed by atoms with Crippen LogP contribution in [0.3, 0.4) is 0 Å². The first-order chi connectivity index (χ1) is 10.3. The minimum absolute atomic E-state index is 0.553. The molecule has 1 aromatic heterocycles. The molecule has 0 spiro atoms. The van der Waals surface area contributed by atoms with E-state index in [9.17, 15) is 0 Å². The van der Waals surface area contributed by atoms with Crippen LogP contribution in [0.2, 0.25) is 0 Å². The molecule has 5 heteroatoms. The maximum atomic E-state index is 5.55. The molecule has 0 unspecified atom stereocenters. The monoisotopic (exact) mass is 284 g/mol. The van der Waals surface area contributed by atoms with Gasteiger partial charge in [0.1, 0.15) is 5.75 Å². The zero-order valence-electron chi connectivity index (χ0n) is 12.2. The van der Waals surface area contributed by atoms with Gasteiger partial charge in [-0.25, -0.2) is 9.97 Å². The van der Waals surface area contributed by atoms with E-state index < -0.39 is 0 Å². The Balaban J connectivity index is 1.94. The van der Waals surface area contributed by atoms with E-state index in [-0.39, 0.29) is 0 Å². The van der Waals surface area contributed by atoms with Crippen molar-refractivity contribution in [3.63, 3.8) is 0 Å². The van der Waals surface area contributed by atoms with Crippen LogP contribution in [0.1, 0.15) is 24.5 Å². The van der Waals surface area contributed by atoms with Gasteiger partial charge in [-0.2, -0.15) is 0 Å². The number of methoxy groups -OCH3 is 1. The zero-order chi connectivity index (χ0) is 14.7. The number of hydrogen-bond donors (Lipinski definition) is 2. The van der Waals surface area contributed by atoms with Crippen LogP contribution >= 0.6 is 0 Å². The van der Waals surface area contributed by atoms with Gasteiger partial charge in [0.15, 0.2) is 5.82 Å². The van der Waals surface area contributed by atoms with E-state index >= 15 is 0 Å². The van der Waals surface area contributed by atoms with Crippen LogP contribution < -0.4 is 15.8 Å². The SMILES string of the molecule is COc1cccc(-c2ncc(NCCN)c(C3CC3)n2)c1. The molecule has 1 aromatic carbocycles. The average Bonchev–Trinajstić information content (AvgIpc) is 3.37. The molecule has 0 bridgehead atoms. The van der Waals surface area contributed by atoms with Gasteiger partial charge in [-0.3, -0.25) is 0 Å². The summed E-state index contributed by atoms with van der Waals surface area (Å²) in [7, 11) is 1.66. The third-order valence-corrected chi connectivity index (χ3v) is 3.57. The number of anilines is 1. The van der Waals surface area contributed by atoms with Crippen molar-refractivity contribution in [2.24, 2.45) is 5.73 Å². The number of ether oxygens (including phenoxy) is 1. The lowest BCUT2D eigenvalue weighted by Crippen LogP contribution is -2.15. The number of hydrogen-bond acceptors (Lipinski definition) is 5. The van der Waals surface area contributed by atoms with Crippen LogP contribution in [0.15, 0.2) is 30.5 Å². The van der Waals surface area contributed by atoms with Crippen molar-refractivity contribution >= 4 is 5.69 Å². The predicted molar refractivity (Wildman–Crippen MR) is 83.5 cm³/mol. The maximum Gasteiger partial charge on any atom is 0.159 e. The normalized spacial score (nSPS) is 14.0. The van der Waals surface area contributed by atoms with Gasteiger partial charge in [0.2, 0.25) is 0 Å². The molecule has 2 aromatic rings. The fourth-order valence-electron chi connectivity index (χ4n) is 2.31. The number of rotatable bonds is 6. The van der Waals surface area contributed by atoms with E-state index in [4.69, 9.17) is 15.5 Å². The Morgan fingerprint density at radius 2 is 2.24 bits per heavy atom. The number of nitrogens with zero attached hydrogens (tertiary/aromatic N) is 2. The Morgan fingerprint density at radius 1 is 1.38 bits per heavy atom. The first-order valence-electron chi connectivity index (χ1n) is 7.27. The minimum Gasteiger partial charge on any atom is -0.497 e. The Labute approximate surface area is 124 Å². The lowest BCUT2D eigenvalue weighted by Gasteiger charge is -2.11. The molecule has 1 saturated carbocycles. The highest BCUT2D eigenvalue weighted by molar-refractivity contribution is 5.60. The second kappa shape index (κ2) is 6.10. The second-order valence-corrected chi connectivity index (χ2v) is 5.21. The van der Waals surface area contributed by atoms with Crippen LogP contribution in [0, 0.1) is 0 Å². The molecule has 0 aliphatic heterocycles. The molecular weight excluding hydrogens is 264 g/mol. The Morgan fingerprint density at radius 3 is 2.95 bits per heavy atom. The van der Waals surface area contributed by atoms with Gasteiger partial charge in [-0.1, -0.05) is 12.1 Å². The van der Waals surface area contributed by atoms with Crippen LogP contribution in [0.4, 0.5) is 5.69 Å². The molecule has 0 atom stereocenters. The highest BCUT2D eigenvalue weighted by Crippen LogP contribution is 2.42. The van der Waals surface area contributed by atoms with Crippen molar-refractivity contribution in [2.45, 2.75) is 18.8 Å². The van der Waals surface area contributed by atoms with E-state index in [0.29, 0.717) is 12.5 Å². The molecule has 1 fully saturated rings. The van der Waals surface area contributed by atoms with Gasteiger partial charge in [-0.15, -0.1) is 0 Å². The van der Waals surface area contributed by atoms with Gasteiger partial charge in [0.25, 0.3) is 0 Å². The highest BCUT2D eigenvalue weighted by atomic mass is 16.5. The highest BCUT2D eigenvalue weighted by Gasteiger charge is 2.28.